The minimum Gasteiger partial charge on any atom is -0.330 e. The van der Waals surface area contributed by atoms with Crippen LogP contribution in [0.5, 0.6) is 0 Å². The molecule has 4 fully saturated rings. The average Bonchev–Trinajstić information content (AvgIpc) is 3.25. The van der Waals surface area contributed by atoms with E-state index in [2.05, 4.69) is 38.0 Å². The Morgan fingerprint density at radius 3 is 2.45 bits per heavy atom. The van der Waals surface area contributed by atoms with Gasteiger partial charge in [0.25, 0.3) is 0 Å². The quantitative estimate of drug-likeness (QED) is 0.170. The third-order valence-corrected chi connectivity index (χ3v) is 12.5. The molecule has 4 aliphatic carbocycles. The lowest BCUT2D eigenvalue weighted by molar-refractivity contribution is -0.119. The lowest BCUT2D eigenvalue weighted by atomic mass is 9.44. The molecule has 0 heterocycles. The van der Waals surface area contributed by atoms with Crippen molar-refractivity contribution in [1.82, 2.24) is 10.6 Å². The van der Waals surface area contributed by atoms with Gasteiger partial charge >= 0.3 is 0 Å². The Hall–Kier alpha value is -0.710. The SMILES string of the molecule is C=C(C)C(=O)CCC(C)C1CCC2C3CC[C@H]4CC(NCCCNCCCCN)CCC4(C)C3CCC12C. The van der Waals surface area contributed by atoms with E-state index in [-0.39, 0.29) is 5.78 Å². The number of rotatable bonds is 14. The maximum atomic E-state index is 12.2. The Morgan fingerprint density at radius 1 is 0.947 bits per heavy atom. The van der Waals surface area contributed by atoms with E-state index < -0.39 is 0 Å². The Labute approximate surface area is 235 Å². The van der Waals surface area contributed by atoms with E-state index >= 15 is 0 Å². The van der Waals surface area contributed by atoms with Gasteiger partial charge in [-0.2, -0.15) is 0 Å². The van der Waals surface area contributed by atoms with Crippen LogP contribution in [0, 0.1) is 46.3 Å². The smallest absolute Gasteiger partial charge is 0.157 e. The predicted octanol–water partition coefficient (Wildman–Crippen LogP) is 6.88. The van der Waals surface area contributed by atoms with Gasteiger partial charge in [0.15, 0.2) is 5.78 Å². The molecule has 0 aromatic heterocycles. The highest BCUT2D eigenvalue weighted by molar-refractivity contribution is 5.94. The van der Waals surface area contributed by atoms with Crippen LogP contribution >= 0.6 is 0 Å². The molecule has 4 nitrogen and oxygen atoms in total. The zero-order chi connectivity index (χ0) is 27.3. The number of nitrogens with two attached hydrogens (primary N) is 1. The first kappa shape index (κ1) is 30.3. The highest BCUT2D eigenvalue weighted by atomic mass is 16.1. The number of Topliss-reactive ketones (excluding diaryl/α,β-unsaturated/α-hetero) is 1. The van der Waals surface area contributed by atoms with Crippen molar-refractivity contribution in [3.8, 4) is 0 Å². The minimum absolute atomic E-state index is 0.270. The van der Waals surface area contributed by atoms with Crippen LogP contribution in [0.3, 0.4) is 0 Å². The van der Waals surface area contributed by atoms with Crippen LogP contribution in [0.15, 0.2) is 12.2 Å². The van der Waals surface area contributed by atoms with Crippen LogP contribution in [0.25, 0.3) is 0 Å². The van der Waals surface area contributed by atoms with Crippen LogP contribution in [-0.4, -0.2) is 38.0 Å². The molecule has 0 radical (unpaired) electrons. The fourth-order valence-corrected chi connectivity index (χ4v) is 10.2. The van der Waals surface area contributed by atoms with Crippen molar-refractivity contribution in [3.05, 3.63) is 12.2 Å². The molecule has 4 N–H and O–H groups in total. The third kappa shape index (κ3) is 6.44. The second-order valence-corrected chi connectivity index (χ2v) is 14.6. The van der Waals surface area contributed by atoms with Crippen molar-refractivity contribution in [2.45, 2.75) is 124 Å². The second-order valence-electron chi connectivity index (χ2n) is 14.6. The molecule has 0 bridgehead atoms. The van der Waals surface area contributed by atoms with Gasteiger partial charge in [0.05, 0.1) is 0 Å². The van der Waals surface area contributed by atoms with Gasteiger partial charge in [-0.25, -0.2) is 0 Å². The molecule has 0 aromatic rings. The molecule has 4 aliphatic rings. The van der Waals surface area contributed by atoms with Crippen molar-refractivity contribution >= 4 is 5.78 Å². The molecule has 4 rings (SSSR count). The number of fused-ring (bicyclic) bond motifs is 5. The fraction of sp³-hybridized carbons (Fsp3) is 0.912. The van der Waals surface area contributed by atoms with Crippen molar-refractivity contribution in [1.29, 1.82) is 0 Å². The number of carbonyl (C=O) groups is 1. The number of hydrogen-bond donors (Lipinski definition) is 3. The maximum Gasteiger partial charge on any atom is 0.157 e. The lowest BCUT2D eigenvalue weighted by Gasteiger charge is -2.61. The average molecular weight is 528 g/mol. The molecule has 9 atom stereocenters. The lowest BCUT2D eigenvalue weighted by Crippen LogP contribution is -2.55. The molecule has 0 aromatic carbocycles. The Bertz CT molecular complexity index is 797. The molecular weight excluding hydrogens is 466 g/mol. The van der Waals surface area contributed by atoms with Crippen molar-refractivity contribution < 1.29 is 4.79 Å². The van der Waals surface area contributed by atoms with Crippen molar-refractivity contribution in [2.24, 2.45) is 52.1 Å². The number of unbranched alkanes of at least 4 members (excludes halogenated alkanes) is 1. The molecular formula is C34H61N3O. The molecule has 4 heteroatoms. The monoisotopic (exact) mass is 527 g/mol. The Kier molecular flexibility index (Phi) is 10.6. The van der Waals surface area contributed by atoms with Crippen molar-refractivity contribution in [2.75, 3.05) is 26.2 Å². The summed E-state index contributed by atoms with van der Waals surface area (Å²) in [6.07, 6.45) is 18.1. The topological polar surface area (TPSA) is 67.2 Å². The summed E-state index contributed by atoms with van der Waals surface area (Å²) in [6, 6.07) is 0.731. The molecule has 0 aliphatic heterocycles. The molecule has 38 heavy (non-hydrogen) atoms. The zero-order valence-corrected chi connectivity index (χ0v) is 25.5. The van der Waals surface area contributed by atoms with Crippen LogP contribution in [0.1, 0.15) is 118 Å². The van der Waals surface area contributed by atoms with E-state index in [4.69, 9.17) is 5.73 Å². The number of hydrogen-bond acceptors (Lipinski definition) is 4. The predicted molar refractivity (Wildman–Crippen MR) is 161 cm³/mol. The highest BCUT2D eigenvalue weighted by Crippen LogP contribution is 2.68. The summed E-state index contributed by atoms with van der Waals surface area (Å²) in [4.78, 5) is 12.2. The summed E-state index contributed by atoms with van der Waals surface area (Å²) in [5, 5.41) is 7.52. The second kappa shape index (κ2) is 13.3. The summed E-state index contributed by atoms with van der Waals surface area (Å²) < 4.78 is 0. The van der Waals surface area contributed by atoms with Gasteiger partial charge in [0.1, 0.15) is 0 Å². The molecule has 8 unspecified atom stereocenters. The summed E-state index contributed by atoms with van der Waals surface area (Å²) in [5.41, 5.74) is 7.37. The molecule has 0 saturated heterocycles. The van der Waals surface area contributed by atoms with E-state index in [0.29, 0.717) is 23.2 Å². The number of ketones is 1. The maximum absolute atomic E-state index is 12.2. The summed E-state index contributed by atoms with van der Waals surface area (Å²) in [6.45, 7) is 17.7. The summed E-state index contributed by atoms with van der Waals surface area (Å²) in [5.74, 6) is 5.43. The van der Waals surface area contributed by atoms with Crippen LogP contribution < -0.4 is 16.4 Å². The van der Waals surface area contributed by atoms with Gasteiger partial charge in [0.2, 0.25) is 0 Å². The standard InChI is InChI=1S/C34H61N3O/c1-24(2)32(38)14-9-25(3)29-12-13-30-28-11-10-26-23-27(37-22-8-21-36-20-7-6-19-35)15-17-33(26,4)31(28)16-18-34(29,30)5/h25-31,36-37H,1,6-23,35H2,2-5H3/t25?,26-,27?,28?,29?,30?,31?,33?,34?/m0/s1. The summed E-state index contributed by atoms with van der Waals surface area (Å²) >= 11 is 0. The van der Waals surface area contributed by atoms with Gasteiger partial charge in [-0.05, 0) is 168 Å². The van der Waals surface area contributed by atoms with Gasteiger partial charge in [-0.15, -0.1) is 0 Å². The van der Waals surface area contributed by atoms with E-state index in [1.807, 2.05) is 6.92 Å². The van der Waals surface area contributed by atoms with Gasteiger partial charge in [0, 0.05) is 12.5 Å². The van der Waals surface area contributed by atoms with Gasteiger partial charge < -0.3 is 16.4 Å². The number of allylic oxidation sites excluding steroid dienone is 1. The molecule has 0 spiro atoms. The fourth-order valence-electron chi connectivity index (χ4n) is 10.2. The first-order valence-corrected chi connectivity index (χ1v) is 16.5. The normalized spacial score (nSPS) is 39.2. The van der Waals surface area contributed by atoms with E-state index in [0.717, 1.165) is 80.2 Å². The van der Waals surface area contributed by atoms with E-state index in [1.54, 1.807) is 0 Å². The zero-order valence-electron chi connectivity index (χ0n) is 25.5. The first-order valence-electron chi connectivity index (χ1n) is 16.5. The van der Waals surface area contributed by atoms with E-state index in [1.165, 1.54) is 70.6 Å². The minimum atomic E-state index is 0.270. The third-order valence-electron chi connectivity index (χ3n) is 12.5. The Balaban J connectivity index is 1.27. The van der Waals surface area contributed by atoms with E-state index in [9.17, 15) is 4.79 Å². The van der Waals surface area contributed by atoms with Crippen molar-refractivity contribution in [3.63, 3.8) is 0 Å². The van der Waals surface area contributed by atoms with Crippen LogP contribution in [0.2, 0.25) is 0 Å². The Morgan fingerprint density at radius 2 is 1.68 bits per heavy atom. The highest BCUT2D eigenvalue weighted by Gasteiger charge is 2.60. The van der Waals surface area contributed by atoms with Crippen LogP contribution in [-0.2, 0) is 4.79 Å². The largest absolute Gasteiger partial charge is 0.330 e. The molecule has 218 valence electrons. The number of nitrogens with one attached hydrogen (secondary N) is 2. The van der Waals surface area contributed by atoms with Crippen LogP contribution in [0.4, 0.5) is 0 Å². The summed E-state index contributed by atoms with van der Waals surface area (Å²) in [7, 11) is 0. The van der Waals surface area contributed by atoms with Gasteiger partial charge in [-0.3, -0.25) is 4.79 Å². The molecule has 4 saturated carbocycles. The molecule has 0 amide bonds. The van der Waals surface area contributed by atoms with Gasteiger partial charge in [-0.1, -0.05) is 27.4 Å². The first-order chi connectivity index (χ1) is 18.2. The number of carbonyl (C=O) groups excluding carboxylic acids is 1.